The van der Waals surface area contributed by atoms with E-state index in [1.807, 2.05) is 24.3 Å². The first kappa shape index (κ1) is 19.8. The Balaban J connectivity index is 1.32. The zero-order valence-corrected chi connectivity index (χ0v) is 17.6. The molecule has 0 heterocycles. The van der Waals surface area contributed by atoms with E-state index in [0.717, 1.165) is 37.8 Å². The molecular formula is C23H30ClNO3. The number of amides is 1. The fraction of sp³-hybridized carbons (Fsp3) is 0.652. The highest BCUT2D eigenvalue weighted by Crippen LogP contribution is 2.64. The Morgan fingerprint density at radius 3 is 2.39 bits per heavy atom. The molecule has 0 aromatic heterocycles. The monoisotopic (exact) mass is 403 g/mol. The highest BCUT2D eigenvalue weighted by Gasteiger charge is 2.60. The summed E-state index contributed by atoms with van der Waals surface area (Å²) in [5.41, 5.74) is 1.51. The van der Waals surface area contributed by atoms with Crippen LogP contribution in [0.2, 0.25) is 0 Å². The molecule has 4 fully saturated rings. The second-order valence-electron chi connectivity index (χ2n) is 9.45. The average molecular weight is 404 g/mol. The highest BCUT2D eigenvalue weighted by atomic mass is 35.5. The maximum atomic E-state index is 12.9. The molecule has 1 amide bonds. The second kappa shape index (κ2) is 7.37. The van der Waals surface area contributed by atoms with Gasteiger partial charge < -0.3 is 10.1 Å². The van der Waals surface area contributed by atoms with Crippen LogP contribution in [0, 0.1) is 17.3 Å². The van der Waals surface area contributed by atoms with Crippen LogP contribution in [0.1, 0.15) is 70.3 Å². The van der Waals surface area contributed by atoms with E-state index < -0.39 is 5.41 Å². The Labute approximate surface area is 172 Å². The largest absolute Gasteiger partial charge is 0.455 e. The molecule has 1 N–H and O–H groups in total. The fourth-order valence-electron chi connectivity index (χ4n) is 6.00. The van der Waals surface area contributed by atoms with Crippen LogP contribution in [-0.2, 0) is 14.3 Å². The molecule has 152 valence electrons. The van der Waals surface area contributed by atoms with Gasteiger partial charge in [0.1, 0.15) is 0 Å². The molecule has 0 radical (unpaired) electrons. The lowest BCUT2D eigenvalue weighted by Gasteiger charge is -2.58. The van der Waals surface area contributed by atoms with Gasteiger partial charge >= 0.3 is 5.97 Å². The summed E-state index contributed by atoms with van der Waals surface area (Å²) in [5.74, 6) is 1.04. The van der Waals surface area contributed by atoms with Crippen molar-refractivity contribution in [1.29, 1.82) is 0 Å². The summed E-state index contributed by atoms with van der Waals surface area (Å²) in [6.07, 6.45) is 6.75. The summed E-state index contributed by atoms with van der Waals surface area (Å²) in [5, 5.41) is 2.82. The minimum atomic E-state index is -0.468. The molecule has 0 spiro atoms. The third-order valence-electron chi connectivity index (χ3n) is 7.13. The average Bonchev–Trinajstić information content (AvgIpc) is 2.64. The Morgan fingerprint density at radius 1 is 1.18 bits per heavy atom. The molecule has 0 aliphatic heterocycles. The molecule has 4 aliphatic rings. The molecule has 2 unspecified atom stereocenters. The van der Waals surface area contributed by atoms with Crippen molar-refractivity contribution in [3.05, 3.63) is 29.8 Å². The maximum absolute atomic E-state index is 12.9. The minimum Gasteiger partial charge on any atom is -0.455 e. The van der Waals surface area contributed by atoms with Gasteiger partial charge in [0, 0.05) is 10.6 Å². The van der Waals surface area contributed by atoms with Gasteiger partial charge in [0.25, 0.3) is 5.91 Å². The molecule has 5 rings (SSSR count). The number of ether oxygens (including phenoxy) is 1. The van der Waals surface area contributed by atoms with Crippen LogP contribution < -0.4 is 5.32 Å². The third kappa shape index (κ3) is 3.80. The zero-order chi connectivity index (χ0) is 19.9. The quantitative estimate of drug-likeness (QED) is 0.520. The van der Waals surface area contributed by atoms with Crippen LogP contribution >= 0.6 is 11.6 Å². The number of esters is 1. The minimum absolute atomic E-state index is 0.228. The van der Waals surface area contributed by atoms with E-state index in [1.54, 1.807) is 0 Å². The molecule has 4 saturated carbocycles. The molecule has 1 aromatic rings. The number of nitrogens with one attached hydrogen (secondary N) is 1. The molecular weight excluding hydrogens is 374 g/mol. The van der Waals surface area contributed by atoms with E-state index in [4.69, 9.17) is 16.3 Å². The molecule has 5 atom stereocenters. The number of anilines is 1. The number of rotatable bonds is 6. The van der Waals surface area contributed by atoms with Crippen molar-refractivity contribution in [3.8, 4) is 0 Å². The molecule has 4 bridgehead atoms. The molecule has 4 nitrogen and oxygen atoms in total. The Bertz CT molecular complexity index is 746. The lowest BCUT2D eigenvalue weighted by Crippen LogP contribution is -2.56. The molecule has 5 heteroatoms. The van der Waals surface area contributed by atoms with Crippen molar-refractivity contribution in [2.24, 2.45) is 17.3 Å². The van der Waals surface area contributed by atoms with E-state index in [1.165, 1.54) is 12.0 Å². The standard InChI is InChI=1S/C23H30ClNO3/c1-3-15(2)18-4-6-19(7-5-18)25-20(26)13-28-21(27)22-9-16-8-17(10-22)12-23(24,11-16)14-22/h4-7,15-17H,3,8-14H2,1-2H3,(H,25,26)/t15-,16-,17+,22?,23?/m0/s1. The van der Waals surface area contributed by atoms with Crippen molar-refractivity contribution in [3.63, 3.8) is 0 Å². The summed E-state index contributed by atoms with van der Waals surface area (Å²) in [6.45, 7) is 4.10. The van der Waals surface area contributed by atoms with Gasteiger partial charge in [-0.2, -0.15) is 0 Å². The number of hydrogen-bond acceptors (Lipinski definition) is 3. The third-order valence-corrected chi connectivity index (χ3v) is 7.58. The van der Waals surface area contributed by atoms with E-state index in [9.17, 15) is 9.59 Å². The number of carbonyl (C=O) groups excluding carboxylic acids is 2. The van der Waals surface area contributed by atoms with Gasteiger partial charge in [0.2, 0.25) is 0 Å². The van der Waals surface area contributed by atoms with Crippen LogP contribution in [0.3, 0.4) is 0 Å². The van der Waals surface area contributed by atoms with Gasteiger partial charge in [-0.15, -0.1) is 11.6 Å². The van der Waals surface area contributed by atoms with Crippen LogP contribution in [0.4, 0.5) is 5.69 Å². The maximum Gasteiger partial charge on any atom is 0.312 e. The number of benzene rings is 1. The molecule has 28 heavy (non-hydrogen) atoms. The smallest absolute Gasteiger partial charge is 0.312 e. The summed E-state index contributed by atoms with van der Waals surface area (Å²) < 4.78 is 5.48. The van der Waals surface area contributed by atoms with Crippen molar-refractivity contribution < 1.29 is 14.3 Å². The van der Waals surface area contributed by atoms with Crippen molar-refractivity contribution >= 4 is 29.2 Å². The van der Waals surface area contributed by atoms with Crippen molar-refractivity contribution in [2.75, 3.05) is 11.9 Å². The number of halogens is 1. The summed E-state index contributed by atoms with van der Waals surface area (Å²) in [7, 11) is 0. The van der Waals surface area contributed by atoms with Gasteiger partial charge in [0.15, 0.2) is 6.61 Å². The topological polar surface area (TPSA) is 55.4 Å². The van der Waals surface area contributed by atoms with Crippen LogP contribution in [0.25, 0.3) is 0 Å². The van der Waals surface area contributed by atoms with E-state index >= 15 is 0 Å². The lowest BCUT2D eigenvalue weighted by atomic mass is 9.49. The fourth-order valence-corrected chi connectivity index (χ4v) is 6.69. The first-order valence-corrected chi connectivity index (χ1v) is 10.9. The Kier molecular flexibility index (Phi) is 5.20. The predicted molar refractivity (Wildman–Crippen MR) is 110 cm³/mol. The van der Waals surface area contributed by atoms with E-state index in [-0.39, 0.29) is 23.4 Å². The molecule has 0 saturated heterocycles. The van der Waals surface area contributed by atoms with Gasteiger partial charge in [-0.1, -0.05) is 26.0 Å². The second-order valence-corrected chi connectivity index (χ2v) is 10.2. The van der Waals surface area contributed by atoms with Crippen molar-refractivity contribution in [2.45, 2.75) is 69.6 Å². The van der Waals surface area contributed by atoms with E-state index in [2.05, 4.69) is 19.2 Å². The van der Waals surface area contributed by atoms with Crippen LogP contribution in [0.15, 0.2) is 24.3 Å². The Hall–Kier alpha value is -1.55. The van der Waals surface area contributed by atoms with Gasteiger partial charge in [-0.05, 0) is 80.4 Å². The van der Waals surface area contributed by atoms with Gasteiger partial charge in [-0.3, -0.25) is 9.59 Å². The van der Waals surface area contributed by atoms with Gasteiger partial charge in [0.05, 0.1) is 5.41 Å². The summed E-state index contributed by atoms with van der Waals surface area (Å²) >= 11 is 6.79. The Morgan fingerprint density at radius 2 is 1.82 bits per heavy atom. The normalized spacial score (nSPS) is 34.1. The van der Waals surface area contributed by atoms with Crippen LogP contribution in [-0.4, -0.2) is 23.4 Å². The van der Waals surface area contributed by atoms with Gasteiger partial charge in [-0.25, -0.2) is 0 Å². The molecule has 1 aromatic carbocycles. The van der Waals surface area contributed by atoms with Crippen LogP contribution in [0.5, 0.6) is 0 Å². The van der Waals surface area contributed by atoms with E-state index in [0.29, 0.717) is 24.2 Å². The number of alkyl halides is 1. The predicted octanol–water partition coefficient (Wildman–Crippen LogP) is 5.26. The summed E-state index contributed by atoms with van der Waals surface area (Å²) in [4.78, 5) is 24.9. The SMILES string of the molecule is CC[C@H](C)c1ccc(NC(=O)COC(=O)C23C[C@@H]4C[C@@H](CC(Cl)(C4)C2)C3)cc1. The highest BCUT2D eigenvalue weighted by molar-refractivity contribution is 6.24. The summed E-state index contributed by atoms with van der Waals surface area (Å²) in [6, 6.07) is 7.87. The number of hydrogen-bond donors (Lipinski definition) is 1. The number of carbonyl (C=O) groups is 2. The van der Waals surface area contributed by atoms with Crippen molar-refractivity contribution in [1.82, 2.24) is 0 Å². The first-order chi connectivity index (χ1) is 13.3. The molecule has 4 aliphatic carbocycles. The first-order valence-electron chi connectivity index (χ1n) is 10.6. The lowest BCUT2D eigenvalue weighted by molar-refractivity contribution is -0.171. The zero-order valence-electron chi connectivity index (χ0n) is 16.8.